The van der Waals surface area contributed by atoms with Gasteiger partial charge in [-0.15, -0.1) is 0 Å². The highest BCUT2D eigenvalue weighted by Gasteiger charge is 2.32. The minimum Gasteiger partial charge on any atom is -0.379 e. The summed E-state index contributed by atoms with van der Waals surface area (Å²) in [5.41, 5.74) is 0.806. The van der Waals surface area contributed by atoms with Gasteiger partial charge in [0, 0.05) is 16.2 Å². The fourth-order valence-electron chi connectivity index (χ4n) is 1.87. The van der Waals surface area contributed by atoms with Crippen LogP contribution in [0.15, 0.2) is 28.7 Å². The zero-order valence-electron chi connectivity index (χ0n) is 9.57. The molecule has 2 rings (SSSR count). The molecule has 1 fully saturated rings. The summed E-state index contributed by atoms with van der Waals surface area (Å²) in [5.74, 6) is -0.118. The number of halogens is 1. The topological polar surface area (TPSA) is 50.4 Å². The maximum Gasteiger partial charge on any atom is 0.231 e. The molecule has 0 spiro atoms. The van der Waals surface area contributed by atoms with Gasteiger partial charge in [-0.1, -0.05) is 15.9 Å². The molecule has 17 heavy (non-hydrogen) atoms. The molecule has 1 aliphatic rings. The van der Waals surface area contributed by atoms with Crippen LogP contribution in [-0.4, -0.2) is 32.2 Å². The highest BCUT2D eigenvalue weighted by molar-refractivity contribution is 9.10. The van der Waals surface area contributed by atoms with Crippen molar-refractivity contribution in [3.05, 3.63) is 28.7 Å². The number of benzene rings is 1. The fourth-order valence-corrected chi connectivity index (χ4v) is 2.13. The first-order valence-corrected chi connectivity index (χ1v) is 6.31. The molecule has 0 bridgehead atoms. The van der Waals surface area contributed by atoms with E-state index in [1.807, 2.05) is 31.3 Å². The highest BCUT2D eigenvalue weighted by atomic mass is 79.9. The average molecular weight is 299 g/mol. The van der Waals surface area contributed by atoms with Gasteiger partial charge in [-0.3, -0.25) is 4.79 Å². The Morgan fingerprint density at radius 3 is 2.71 bits per heavy atom. The lowest BCUT2D eigenvalue weighted by atomic mass is 10.0. The van der Waals surface area contributed by atoms with Crippen molar-refractivity contribution < 1.29 is 9.53 Å². The SMILES string of the molecule is CNC1COCC1C(=O)Nc1ccc(Br)cc1. The number of amides is 1. The Morgan fingerprint density at radius 1 is 1.35 bits per heavy atom. The average Bonchev–Trinajstić information content (AvgIpc) is 2.80. The predicted molar refractivity (Wildman–Crippen MR) is 69.9 cm³/mol. The molecule has 1 heterocycles. The van der Waals surface area contributed by atoms with E-state index in [4.69, 9.17) is 4.74 Å². The van der Waals surface area contributed by atoms with E-state index in [2.05, 4.69) is 26.6 Å². The predicted octanol–water partition coefficient (Wildman–Crippen LogP) is 1.62. The molecule has 1 aliphatic heterocycles. The van der Waals surface area contributed by atoms with Gasteiger partial charge in [0.05, 0.1) is 19.1 Å². The lowest BCUT2D eigenvalue weighted by Gasteiger charge is -2.16. The molecule has 5 heteroatoms. The van der Waals surface area contributed by atoms with Gasteiger partial charge < -0.3 is 15.4 Å². The molecular formula is C12H15BrN2O2. The van der Waals surface area contributed by atoms with Crippen LogP contribution in [0.3, 0.4) is 0 Å². The van der Waals surface area contributed by atoms with Crippen molar-refractivity contribution in [3.63, 3.8) is 0 Å². The Balaban J connectivity index is 1.99. The molecule has 0 aromatic heterocycles. The molecule has 0 aliphatic carbocycles. The van der Waals surface area contributed by atoms with E-state index < -0.39 is 0 Å². The summed E-state index contributed by atoms with van der Waals surface area (Å²) in [6.45, 7) is 1.07. The third-order valence-electron chi connectivity index (χ3n) is 2.90. The Hall–Kier alpha value is -0.910. The van der Waals surface area contributed by atoms with Crippen LogP contribution < -0.4 is 10.6 Å². The summed E-state index contributed by atoms with van der Waals surface area (Å²) in [6, 6.07) is 7.63. The fraction of sp³-hybridized carbons (Fsp3) is 0.417. The number of nitrogens with one attached hydrogen (secondary N) is 2. The monoisotopic (exact) mass is 298 g/mol. The quantitative estimate of drug-likeness (QED) is 0.892. The maximum atomic E-state index is 12.0. The van der Waals surface area contributed by atoms with Gasteiger partial charge in [-0.05, 0) is 31.3 Å². The highest BCUT2D eigenvalue weighted by Crippen LogP contribution is 2.18. The minimum atomic E-state index is -0.122. The standard InChI is InChI=1S/C12H15BrN2O2/c1-14-11-7-17-6-10(11)12(16)15-9-4-2-8(13)3-5-9/h2-5,10-11,14H,6-7H2,1H3,(H,15,16). The van der Waals surface area contributed by atoms with Crippen molar-refractivity contribution in [2.45, 2.75) is 6.04 Å². The summed E-state index contributed by atoms with van der Waals surface area (Å²) >= 11 is 3.36. The van der Waals surface area contributed by atoms with Crippen molar-refractivity contribution in [3.8, 4) is 0 Å². The smallest absolute Gasteiger partial charge is 0.231 e. The molecule has 1 amide bonds. The summed E-state index contributed by atoms with van der Waals surface area (Å²) in [7, 11) is 1.85. The summed E-state index contributed by atoms with van der Waals surface area (Å²) < 4.78 is 6.30. The van der Waals surface area contributed by atoms with Crippen LogP contribution in [0.25, 0.3) is 0 Å². The van der Waals surface area contributed by atoms with Crippen LogP contribution in [0.5, 0.6) is 0 Å². The third kappa shape index (κ3) is 3.06. The Labute approximate surface area is 109 Å². The first-order chi connectivity index (χ1) is 8.20. The first kappa shape index (κ1) is 12.5. The van der Waals surface area contributed by atoms with Crippen LogP contribution in [0.2, 0.25) is 0 Å². The van der Waals surface area contributed by atoms with E-state index in [1.54, 1.807) is 0 Å². The number of anilines is 1. The maximum absolute atomic E-state index is 12.0. The molecule has 4 nitrogen and oxygen atoms in total. The molecule has 0 radical (unpaired) electrons. The van der Waals surface area contributed by atoms with Crippen molar-refractivity contribution in [2.24, 2.45) is 5.92 Å². The Morgan fingerprint density at radius 2 is 2.06 bits per heavy atom. The first-order valence-electron chi connectivity index (χ1n) is 5.52. The lowest BCUT2D eigenvalue weighted by Crippen LogP contribution is -2.39. The molecular weight excluding hydrogens is 284 g/mol. The van der Waals surface area contributed by atoms with Crippen LogP contribution in [-0.2, 0) is 9.53 Å². The van der Waals surface area contributed by atoms with Gasteiger partial charge in [-0.25, -0.2) is 0 Å². The van der Waals surface area contributed by atoms with Crippen molar-refractivity contribution in [1.82, 2.24) is 5.32 Å². The van der Waals surface area contributed by atoms with Gasteiger partial charge in [0.25, 0.3) is 0 Å². The van der Waals surface area contributed by atoms with Gasteiger partial charge >= 0.3 is 0 Å². The molecule has 92 valence electrons. The summed E-state index contributed by atoms with van der Waals surface area (Å²) in [4.78, 5) is 12.0. The summed E-state index contributed by atoms with van der Waals surface area (Å²) in [6.07, 6.45) is 0. The molecule has 2 N–H and O–H groups in total. The zero-order chi connectivity index (χ0) is 12.3. The molecule has 1 aromatic rings. The second kappa shape index (κ2) is 5.62. The van der Waals surface area contributed by atoms with E-state index in [-0.39, 0.29) is 17.9 Å². The molecule has 2 atom stereocenters. The Bertz CT molecular complexity index is 394. The minimum absolute atomic E-state index is 0.00386. The Kier molecular flexibility index (Phi) is 4.15. The number of likely N-dealkylation sites (N-methyl/N-ethyl adjacent to an activating group) is 1. The van der Waals surface area contributed by atoms with Crippen molar-refractivity contribution in [1.29, 1.82) is 0 Å². The van der Waals surface area contributed by atoms with E-state index in [9.17, 15) is 4.79 Å². The van der Waals surface area contributed by atoms with Crippen LogP contribution in [0.4, 0.5) is 5.69 Å². The van der Waals surface area contributed by atoms with Gasteiger partial charge in [0.15, 0.2) is 0 Å². The van der Waals surface area contributed by atoms with E-state index in [1.165, 1.54) is 0 Å². The van der Waals surface area contributed by atoms with E-state index in [0.29, 0.717) is 13.2 Å². The lowest BCUT2D eigenvalue weighted by molar-refractivity contribution is -0.120. The second-order valence-electron chi connectivity index (χ2n) is 4.04. The number of ether oxygens (including phenoxy) is 1. The van der Waals surface area contributed by atoms with Crippen LogP contribution in [0, 0.1) is 5.92 Å². The second-order valence-corrected chi connectivity index (χ2v) is 4.95. The van der Waals surface area contributed by atoms with Crippen molar-refractivity contribution >= 4 is 27.5 Å². The van der Waals surface area contributed by atoms with Crippen molar-refractivity contribution in [2.75, 3.05) is 25.6 Å². The molecule has 2 unspecified atom stereocenters. The van der Waals surface area contributed by atoms with Crippen LogP contribution in [0.1, 0.15) is 0 Å². The van der Waals surface area contributed by atoms with Gasteiger partial charge in [0.2, 0.25) is 5.91 Å². The molecule has 0 saturated carbocycles. The van der Waals surface area contributed by atoms with E-state index >= 15 is 0 Å². The zero-order valence-corrected chi connectivity index (χ0v) is 11.2. The normalized spacial score (nSPS) is 23.6. The van der Waals surface area contributed by atoms with Gasteiger partial charge in [0.1, 0.15) is 0 Å². The largest absolute Gasteiger partial charge is 0.379 e. The third-order valence-corrected chi connectivity index (χ3v) is 3.43. The number of carbonyl (C=O) groups excluding carboxylic acids is 1. The molecule has 1 saturated heterocycles. The van der Waals surface area contributed by atoms with Gasteiger partial charge in [-0.2, -0.15) is 0 Å². The summed E-state index contributed by atoms with van der Waals surface area (Å²) in [5, 5.41) is 5.99. The number of carbonyl (C=O) groups is 1. The number of hydrogen-bond donors (Lipinski definition) is 2. The number of hydrogen-bond acceptors (Lipinski definition) is 3. The van der Waals surface area contributed by atoms with E-state index in [0.717, 1.165) is 10.2 Å². The van der Waals surface area contributed by atoms with Crippen LogP contribution >= 0.6 is 15.9 Å². The molecule has 1 aromatic carbocycles. The number of rotatable bonds is 3.